The zero-order valence-corrected chi connectivity index (χ0v) is 15.3. The van der Waals surface area contributed by atoms with Gasteiger partial charge in [0.1, 0.15) is 0 Å². The molecule has 0 spiro atoms. The average Bonchev–Trinajstić information content (AvgIpc) is 2.67. The van der Waals surface area contributed by atoms with Gasteiger partial charge in [0.15, 0.2) is 6.61 Å². The third-order valence-corrected chi connectivity index (χ3v) is 3.55. The number of benzene rings is 2. The van der Waals surface area contributed by atoms with Gasteiger partial charge in [-0.3, -0.25) is 9.59 Å². The van der Waals surface area contributed by atoms with Crippen LogP contribution in [-0.2, 0) is 20.9 Å². The summed E-state index contributed by atoms with van der Waals surface area (Å²) in [5.41, 5.74) is 2.05. The van der Waals surface area contributed by atoms with Gasteiger partial charge in [-0.1, -0.05) is 18.2 Å². The van der Waals surface area contributed by atoms with Gasteiger partial charge in [-0.05, 0) is 42.8 Å². The van der Waals surface area contributed by atoms with Crippen LogP contribution in [0.2, 0.25) is 0 Å². The van der Waals surface area contributed by atoms with E-state index in [-0.39, 0.29) is 5.91 Å². The van der Waals surface area contributed by atoms with E-state index in [4.69, 9.17) is 9.47 Å². The van der Waals surface area contributed by atoms with Crippen molar-refractivity contribution in [2.75, 3.05) is 25.6 Å². The van der Waals surface area contributed by atoms with Gasteiger partial charge in [-0.15, -0.1) is 0 Å². The van der Waals surface area contributed by atoms with Crippen LogP contribution in [0.3, 0.4) is 0 Å². The molecule has 0 aliphatic carbocycles. The Bertz CT molecular complexity index is 820. The molecule has 2 N–H and O–H groups in total. The third-order valence-electron chi connectivity index (χ3n) is 3.55. The van der Waals surface area contributed by atoms with Crippen LogP contribution in [0.25, 0.3) is 0 Å². The molecule has 7 nitrogen and oxygen atoms in total. The number of hydrogen-bond donors (Lipinski definition) is 2. The molecule has 0 atom stereocenters. The first-order valence-electron chi connectivity index (χ1n) is 8.46. The smallest absolute Gasteiger partial charge is 0.338 e. The predicted molar refractivity (Wildman–Crippen MR) is 101 cm³/mol. The minimum atomic E-state index is -0.598. The Balaban J connectivity index is 1.91. The molecular formula is C20H22N2O5. The van der Waals surface area contributed by atoms with E-state index in [2.05, 4.69) is 10.6 Å². The normalized spacial score (nSPS) is 10.1. The summed E-state index contributed by atoms with van der Waals surface area (Å²) in [5.74, 6) is -1.32. The quantitative estimate of drug-likeness (QED) is 0.696. The maximum Gasteiger partial charge on any atom is 0.338 e. The molecule has 0 unspecified atom stereocenters. The minimum Gasteiger partial charge on any atom is -0.452 e. The Kier molecular flexibility index (Phi) is 7.51. The summed E-state index contributed by atoms with van der Waals surface area (Å²) < 4.78 is 10.1. The van der Waals surface area contributed by atoms with E-state index in [1.807, 2.05) is 13.0 Å². The van der Waals surface area contributed by atoms with Crippen molar-refractivity contribution in [1.29, 1.82) is 0 Å². The highest BCUT2D eigenvalue weighted by molar-refractivity contribution is 5.98. The lowest BCUT2D eigenvalue weighted by molar-refractivity contribution is -0.119. The number of carbonyl (C=O) groups excluding carboxylic acids is 3. The Morgan fingerprint density at radius 1 is 1.00 bits per heavy atom. The number of anilines is 1. The number of carbonyl (C=O) groups is 3. The number of hydrogen-bond acceptors (Lipinski definition) is 5. The van der Waals surface area contributed by atoms with Crippen molar-refractivity contribution < 1.29 is 23.9 Å². The third kappa shape index (κ3) is 6.23. The van der Waals surface area contributed by atoms with Gasteiger partial charge in [0.25, 0.3) is 11.8 Å². The second-order valence-electron chi connectivity index (χ2n) is 5.70. The second kappa shape index (κ2) is 10.1. The molecule has 2 amide bonds. The van der Waals surface area contributed by atoms with E-state index in [1.165, 1.54) is 0 Å². The van der Waals surface area contributed by atoms with Crippen LogP contribution in [0.1, 0.15) is 33.2 Å². The minimum absolute atomic E-state index is 0.226. The predicted octanol–water partition coefficient (Wildman–Crippen LogP) is 2.38. The molecule has 0 heterocycles. The molecule has 7 heteroatoms. The average molecular weight is 370 g/mol. The van der Waals surface area contributed by atoms with Gasteiger partial charge in [-0.25, -0.2) is 4.79 Å². The van der Waals surface area contributed by atoms with Crippen LogP contribution >= 0.6 is 0 Å². The monoisotopic (exact) mass is 370 g/mol. The lowest BCUT2D eigenvalue weighted by Gasteiger charge is -2.09. The molecule has 0 fully saturated rings. The molecule has 0 saturated heterocycles. The molecule has 2 aromatic carbocycles. The van der Waals surface area contributed by atoms with E-state index in [9.17, 15) is 14.4 Å². The number of methoxy groups -OCH3 is 1. The van der Waals surface area contributed by atoms with E-state index in [1.54, 1.807) is 49.6 Å². The first-order chi connectivity index (χ1) is 13.0. The van der Waals surface area contributed by atoms with Crippen LogP contribution in [0.15, 0.2) is 48.5 Å². The lowest BCUT2D eigenvalue weighted by atomic mass is 10.1. The maximum absolute atomic E-state index is 12.1. The fourth-order valence-electron chi connectivity index (χ4n) is 2.37. The molecule has 0 saturated carbocycles. The number of amides is 2. The highest BCUT2D eigenvalue weighted by Crippen LogP contribution is 2.11. The number of nitrogens with one attached hydrogen (secondary N) is 2. The summed E-state index contributed by atoms with van der Waals surface area (Å²) in [5, 5.41) is 5.29. The zero-order chi connectivity index (χ0) is 19.6. The van der Waals surface area contributed by atoms with Crippen LogP contribution in [0.4, 0.5) is 5.69 Å². The molecule has 2 rings (SSSR count). The van der Waals surface area contributed by atoms with Gasteiger partial charge in [0, 0.05) is 24.9 Å². The standard InChI is InChI=1S/C20H22N2O5/c1-3-21-19(24)15-7-5-9-17(11-15)22-18(23)13-27-20(25)16-8-4-6-14(10-16)12-26-2/h4-11H,3,12-13H2,1-2H3,(H,21,24)(H,22,23). The van der Waals surface area contributed by atoms with Gasteiger partial charge < -0.3 is 20.1 Å². The Morgan fingerprint density at radius 3 is 2.48 bits per heavy atom. The van der Waals surface area contributed by atoms with Crippen LogP contribution in [0, 0.1) is 0 Å². The number of esters is 1. The van der Waals surface area contributed by atoms with Crippen LogP contribution < -0.4 is 10.6 Å². The highest BCUT2D eigenvalue weighted by Gasteiger charge is 2.12. The molecule has 2 aromatic rings. The Labute approximate surface area is 157 Å². The van der Waals surface area contributed by atoms with Crippen molar-refractivity contribution in [3.8, 4) is 0 Å². The second-order valence-corrected chi connectivity index (χ2v) is 5.70. The molecule has 27 heavy (non-hydrogen) atoms. The first-order valence-corrected chi connectivity index (χ1v) is 8.46. The van der Waals surface area contributed by atoms with Crippen molar-refractivity contribution in [2.45, 2.75) is 13.5 Å². The van der Waals surface area contributed by atoms with Crippen molar-refractivity contribution >= 4 is 23.5 Å². The molecule has 0 bridgehead atoms. The summed E-state index contributed by atoms with van der Waals surface area (Å²) >= 11 is 0. The van der Waals surface area contributed by atoms with E-state index in [0.29, 0.717) is 30.0 Å². The van der Waals surface area contributed by atoms with E-state index >= 15 is 0 Å². The molecule has 0 aromatic heterocycles. The molecular weight excluding hydrogens is 348 g/mol. The summed E-state index contributed by atoms with van der Waals surface area (Å²) in [4.78, 5) is 35.9. The van der Waals surface area contributed by atoms with Gasteiger partial charge in [0.05, 0.1) is 12.2 Å². The molecule has 0 aliphatic heterocycles. The van der Waals surface area contributed by atoms with Crippen molar-refractivity contribution in [2.24, 2.45) is 0 Å². The van der Waals surface area contributed by atoms with E-state index in [0.717, 1.165) is 5.56 Å². The topological polar surface area (TPSA) is 93.7 Å². The Hall–Kier alpha value is -3.19. The molecule has 0 aliphatic rings. The number of rotatable bonds is 8. The summed E-state index contributed by atoms with van der Waals surface area (Å²) in [7, 11) is 1.57. The van der Waals surface area contributed by atoms with Crippen LogP contribution in [0.5, 0.6) is 0 Å². The molecule has 0 radical (unpaired) electrons. The SMILES string of the molecule is CCNC(=O)c1cccc(NC(=O)COC(=O)c2cccc(COC)c2)c1. The summed E-state index contributed by atoms with van der Waals surface area (Å²) in [6.45, 7) is 2.28. The first kappa shape index (κ1) is 20.1. The fraction of sp³-hybridized carbons (Fsp3) is 0.250. The van der Waals surface area contributed by atoms with Crippen LogP contribution in [-0.4, -0.2) is 38.0 Å². The lowest BCUT2D eigenvalue weighted by Crippen LogP contribution is -2.23. The van der Waals surface area contributed by atoms with Gasteiger partial charge in [0.2, 0.25) is 0 Å². The van der Waals surface area contributed by atoms with Crippen molar-refractivity contribution in [3.63, 3.8) is 0 Å². The summed E-state index contributed by atoms with van der Waals surface area (Å²) in [6, 6.07) is 13.3. The highest BCUT2D eigenvalue weighted by atomic mass is 16.5. The van der Waals surface area contributed by atoms with Crippen molar-refractivity contribution in [3.05, 3.63) is 65.2 Å². The zero-order valence-electron chi connectivity index (χ0n) is 15.3. The maximum atomic E-state index is 12.1. The fourth-order valence-corrected chi connectivity index (χ4v) is 2.37. The van der Waals surface area contributed by atoms with Gasteiger partial charge >= 0.3 is 5.97 Å². The van der Waals surface area contributed by atoms with Gasteiger partial charge in [-0.2, -0.15) is 0 Å². The summed E-state index contributed by atoms with van der Waals surface area (Å²) in [6.07, 6.45) is 0. The molecule has 142 valence electrons. The van der Waals surface area contributed by atoms with E-state index < -0.39 is 18.5 Å². The number of ether oxygens (including phenoxy) is 2. The van der Waals surface area contributed by atoms with Crippen molar-refractivity contribution in [1.82, 2.24) is 5.32 Å². The Morgan fingerprint density at radius 2 is 1.74 bits per heavy atom. The largest absolute Gasteiger partial charge is 0.452 e.